The first-order valence-corrected chi connectivity index (χ1v) is 21.9. The van der Waals surface area contributed by atoms with Crippen LogP contribution in [-0.4, -0.2) is 19.5 Å². The molecule has 63 heavy (non-hydrogen) atoms. The molecule has 0 N–H and O–H groups in total. The third-order valence-corrected chi connectivity index (χ3v) is 13.5. The molecule has 6 heteroatoms. The molecule has 0 radical (unpaired) electrons. The molecule has 4 heterocycles. The Morgan fingerprint density at radius 1 is 0.349 bits per heavy atom. The number of hydrogen-bond acceptors (Lipinski definition) is 5. The quantitative estimate of drug-likeness (QED) is 0.168. The van der Waals surface area contributed by atoms with E-state index in [4.69, 9.17) is 19.4 Å². The van der Waals surface area contributed by atoms with Crippen molar-refractivity contribution >= 4 is 75.3 Å². The fourth-order valence-electron chi connectivity index (χ4n) is 9.41. The summed E-state index contributed by atoms with van der Waals surface area (Å²) in [5.74, 6) is 1.79. The van der Waals surface area contributed by atoms with Crippen molar-refractivity contribution in [1.29, 1.82) is 0 Å². The first kappa shape index (κ1) is 35.6. The van der Waals surface area contributed by atoms with Crippen LogP contribution in [0.2, 0.25) is 0 Å². The Labute approximate surface area is 365 Å². The summed E-state index contributed by atoms with van der Waals surface area (Å²) < 4.78 is 11.1. The minimum Gasteiger partial charge on any atom is -0.456 e. The standard InChI is InChI=1S/C57H34N4OS/c1-2-16-35(17-3-1)38-18-4-6-24-44(38)56-58-55(36-30-31-52-46(32-36)42-22-10-14-28-51(42)62-52)59-57(60-56)45-25-7-5-19-39(45)47-33-37(34-48-43-23-11-15-29-53(43)63-54(47)48)61-49-26-12-8-20-40(49)41-21-9-13-27-50(41)61/h1-34H. The number of fused-ring (bicyclic) bond motifs is 9. The summed E-state index contributed by atoms with van der Waals surface area (Å²) in [7, 11) is 0. The van der Waals surface area contributed by atoms with Gasteiger partial charge in [-0.2, -0.15) is 0 Å². The van der Waals surface area contributed by atoms with E-state index >= 15 is 0 Å². The zero-order valence-electron chi connectivity index (χ0n) is 33.7. The van der Waals surface area contributed by atoms with Crippen LogP contribution in [0, 0.1) is 0 Å². The Hall–Kier alpha value is -8.19. The van der Waals surface area contributed by atoms with Crippen LogP contribution in [0.5, 0.6) is 0 Å². The average molecular weight is 823 g/mol. The highest BCUT2D eigenvalue weighted by Gasteiger charge is 2.22. The molecule has 0 bridgehead atoms. The molecule has 0 atom stereocenters. The number of nitrogens with zero attached hydrogens (tertiary/aromatic N) is 4. The number of rotatable bonds is 6. The van der Waals surface area contributed by atoms with Gasteiger partial charge < -0.3 is 8.98 Å². The molecule has 0 amide bonds. The van der Waals surface area contributed by atoms with Gasteiger partial charge >= 0.3 is 0 Å². The van der Waals surface area contributed by atoms with Crippen molar-refractivity contribution in [2.24, 2.45) is 0 Å². The molecule has 294 valence electrons. The molecular formula is C57H34N4OS. The van der Waals surface area contributed by atoms with Crippen LogP contribution in [0.25, 0.3) is 126 Å². The van der Waals surface area contributed by atoms with Crippen molar-refractivity contribution in [2.75, 3.05) is 0 Å². The van der Waals surface area contributed by atoms with Crippen LogP contribution in [0.15, 0.2) is 211 Å². The van der Waals surface area contributed by atoms with E-state index < -0.39 is 0 Å². The zero-order chi connectivity index (χ0) is 41.4. The van der Waals surface area contributed by atoms with Gasteiger partial charge in [-0.3, -0.25) is 0 Å². The van der Waals surface area contributed by atoms with Crippen molar-refractivity contribution in [1.82, 2.24) is 19.5 Å². The van der Waals surface area contributed by atoms with Gasteiger partial charge in [0.2, 0.25) is 0 Å². The fraction of sp³-hybridized carbons (Fsp3) is 0. The molecule has 0 aliphatic rings. The molecule has 0 spiro atoms. The van der Waals surface area contributed by atoms with Crippen LogP contribution in [-0.2, 0) is 0 Å². The fourth-order valence-corrected chi connectivity index (χ4v) is 10.6. The molecule has 0 fully saturated rings. The normalized spacial score (nSPS) is 11.8. The topological polar surface area (TPSA) is 56.7 Å². The second kappa shape index (κ2) is 14.2. The van der Waals surface area contributed by atoms with E-state index in [0.717, 1.165) is 66.6 Å². The van der Waals surface area contributed by atoms with E-state index in [-0.39, 0.29) is 0 Å². The molecule has 5 nitrogen and oxygen atoms in total. The van der Waals surface area contributed by atoms with Gasteiger partial charge in [-0.15, -0.1) is 11.3 Å². The highest BCUT2D eigenvalue weighted by Crippen LogP contribution is 2.46. The SMILES string of the molecule is c1ccc(-c2ccccc2-c2nc(-c3ccc4oc5ccccc5c4c3)nc(-c3ccccc3-c3cc(-n4c5ccccc5c5ccccc54)cc4c3sc3ccccc34)n2)cc1. The van der Waals surface area contributed by atoms with Gasteiger partial charge in [-0.25, -0.2) is 15.0 Å². The summed E-state index contributed by atoms with van der Waals surface area (Å²) >= 11 is 1.83. The molecule has 4 aromatic heterocycles. The van der Waals surface area contributed by atoms with Crippen molar-refractivity contribution in [3.05, 3.63) is 206 Å². The van der Waals surface area contributed by atoms with Gasteiger partial charge in [0, 0.05) is 69.7 Å². The molecule has 0 saturated heterocycles. The lowest BCUT2D eigenvalue weighted by Gasteiger charge is -2.16. The number of thiophene rings is 1. The lowest BCUT2D eigenvalue weighted by atomic mass is 9.96. The van der Waals surface area contributed by atoms with E-state index in [9.17, 15) is 0 Å². The summed E-state index contributed by atoms with van der Waals surface area (Å²) in [6.45, 7) is 0. The largest absolute Gasteiger partial charge is 0.456 e. The molecule has 0 saturated carbocycles. The summed E-state index contributed by atoms with van der Waals surface area (Å²) in [4.78, 5) is 16.1. The van der Waals surface area contributed by atoms with Gasteiger partial charge in [0.1, 0.15) is 11.2 Å². The molecule has 0 aliphatic carbocycles. The van der Waals surface area contributed by atoms with Gasteiger partial charge in [-0.1, -0.05) is 152 Å². The van der Waals surface area contributed by atoms with Crippen molar-refractivity contribution in [3.8, 4) is 62.1 Å². The summed E-state index contributed by atoms with van der Waals surface area (Å²) in [5, 5.41) is 6.99. The average Bonchev–Trinajstić information content (AvgIpc) is 4.03. The molecule has 9 aromatic carbocycles. The van der Waals surface area contributed by atoms with Gasteiger partial charge in [0.15, 0.2) is 17.5 Å². The smallest absolute Gasteiger partial charge is 0.164 e. The third-order valence-electron chi connectivity index (χ3n) is 12.3. The summed E-state index contributed by atoms with van der Waals surface area (Å²) in [6, 6.07) is 72.7. The van der Waals surface area contributed by atoms with Crippen molar-refractivity contribution < 1.29 is 4.42 Å². The highest BCUT2D eigenvalue weighted by molar-refractivity contribution is 7.26. The summed E-state index contributed by atoms with van der Waals surface area (Å²) in [5.41, 5.74) is 12.2. The Morgan fingerprint density at radius 3 is 1.65 bits per heavy atom. The minimum absolute atomic E-state index is 0.589. The lowest BCUT2D eigenvalue weighted by Crippen LogP contribution is -2.02. The Morgan fingerprint density at radius 2 is 0.905 bits per heavy atom. The molecule has 13 aromatic rings. The van der Waals surface area contributed by atoms with Crippen molar-refractivity contribution in [3.63, 3.8) is 0 Å². The maximum atomic E-state index is 6.25. The van der Waals surface area contributed by atoms with Crippen LogP contribution < -0.4 is 0 Å². The zero-order valence-corrected chi connectivity index (χ0v) is 34.6. The lowest BCUT2D eigenvalue weighted by molar-refractivity contribution is 0.669. The molecule has 0 aliphatic heterocycles. The summed E-state index contributed by atoms with van der Waals surface area (Å²) in [6.07, 6.45) is 0. The first-order valence-electron chi connectivity index (χ1n) is 21.1. The Kier molecular flexibility index (Phi) is 8.01. The van der Waals surface area contributed by atoms with Gasteiger partial charge in [0.25, 0.3) is 0 Å². The van der Waals surface area contributed by atoms with E-state index in [1.165, 1.54) is 42.0 Å². The van der Waals surface area contributed by atoms with E-state index in [0.29, 0.717) is 17.5 Å². The Bertz CT molecular complexity index is 3880. The maximum absolute atomic E-state index is 6.25. The van der Waals surface area contributed by atoms with E-state index in [1.54, 1.807) is 0 Å². The number of benzene rings is 9. The number of hydrogen-bond donors (Lipinski definition) is 0. The Balaban J connectivity index is 1.08. The predicted octanol–water partition coefficient (Wildman–Crippen LogP) is 15.6. The van der Waals surface area contributed by atoms with Crippen molar-refractivity contribution in [2.45, 2.75) is 0 Å². The highest BCUT2D eigenvalue weighted by atomic mass is 32.1. The number of aromatic nitrogens is 4. The minimum atomic E-state index is 0.589. The number of furan rings is 1. The third kappa shape index (κ3) is 5.73. The molecule has 13 rings (SSSR count). The first-order chi connectivity index (χ1) is 31.2. The van der Waals surface area contributed by atoms with Crippen LogP contribution in [0.3, 0.4) is 0 Å². The van der Waals surface area contributed by atoms with Gasteiger partial charge in [-0.05, 0) is 71.3 Å². The maximum Gasteiger partial charge on any atom is 0.164 e. The second-order valence-electron chi connectivity index (χ2n) is 15.9. The predicted molar refractivity (Wildman–Crippen MR) is 262 cm³/mol. The van der Waals surface area contributed by atoms with Crippen LogP contribution in [0.4, 0.5) is 0 Å². The van der Waals surface area contributed by atoms with Crippen LogP contribution >= 0.6 is 11.3 Å². The van der Waals surface area contributed by atoms with E-state index in [2.05, 4.69) is 180 Å². The molecule has 0 unspecified atom stereocenters. The van der Waals surface area contributed by atoms with E-state index in [1.807, 2.05) is 41.7 Å². The monoisotopic (exact) mass is 822 g/mol. The second-order valence-corrected chi connectivity index (χ2v) is 17.0. The molecular weight excluding hydrogens is 789 g/mol. The van der Waals surface area contributed by atoms with Gasteiger partial charge in [0.05, 0.1) is 11.0 Å². The number of para-hydroxylation sites is 3. The van der Waals surface area contributed by atoms with Crippen LogP contribution in [0.1, 0.15) is 0 Å².